The summed E-state index contributed by atoms with van der Waals surface area (Å²) in [7, 11) is -2.96. The second kappa shape index (κ2) is 6.35. The molecule has 1 rings (SSSR count). The number of sulfone groups is 1. The normalized spacial score (nSPS) is 22.5. The number of hydrogen-bond donors (Lipinski definition) is 1. The number of carbonyl (C=O) groups is 1. The summed E-state index contributed by atoms with van der Waals surface area (Å²) in [5.41, 5.74) is 0. The molecular formula is C11H21NO4S. The average molecular weight is 263 g/mol. The van der Waals surface area contributed by atoms with Crippen LogP contribution in [-0.4, -0.2) is 55.5 Å². The van der Waals surface area contributed by atoms with Gasteiger partial charge in [0.15, 0.2) is 9.84 Å². The van der Waals surface area contributed by atoms with E-state index in [0.29, 0.717) is 25.9 Å². The van der Waals surface area contributed by atoms with Crippen LogP contribution in [0.5, 0.6) is 0 Å². The SMILES string of the molecule is CCCS(=O)(=O)CCN1CCCC(C(=O)O)C1. The predicted molar refractivity (Wildman–Crippen MR) is 65.7 cm³/mol. The van der Waals surface area contributed by atoms with Gasteiger partial charge < -0.3 is 10.0 Å². The molecule has 0 aromatic rings. The van der Waals surface area contributed by atoms with Crippen LogP contribution < -0.4 is 0 Å². The second-order valence-corrected chi connectivity index (χ2v) is 6.93. The maximum Gasteiger partial charge on any atom is 0.307 e. The van der Waals surface area contributed by atoms with Crippen molar-refractivity contribution in [2.75, 3.05) is 31.1 Å². The molecule has 0 aliphatic carbocycles. The number of carboxylic acids is 1. The molecule has 17 heavy (non-hydrogen) atoms. The van der Waals surface area contributed by atoms with Crippen molar-refractivity contribution < 1.29 is 18.3 Å². The summed E-state index contributed by atoms with van der Waals surface area (Å²) in [5, 5.41) is 8.92. The zero-order valence-electron chi connectivity index (χ0n) is 10.3. The highest BCUT2D eigenvalue weighted by Gasteiger charge is 2.25. The molecule has 1 unspecified atom stereocenters. The lowest BCUT2D eigenvalue weighted by Gasteiger charge is -2.30. The van der Waals surface area contributed by atoms with Gasteiger partial charge in [0, 0.05) is 18.8 Å². The van der Waals surface area contributed by atoms with E-state index in [1.807, 2.05) is 11.8 Å². The van der Waals surface area contributed by atoms with Crippen molar-refractivity contribution in [2.24, 2.45) is 5.92 Å². The van der Waals surface area contributed by atoms with Crippen LogP contribution in [0.15, 0.2) is 0 Å². The molecule has 0 amide bonds. The van der Waals surface area contributed by atoms with Gasteiger partial charge in [-0.15, -0.1) is 0 Å². The summed E-state index contributed by atoms with van der Waals surface area (Å²) in [6, 6.07) is 0. The summed E-state index contributed by atoms with van der Waals surface area (Å²) >= 11 is 0. The van der Waals surface area contributed by atoms with E-state index >= 15 is 0 Å². The number of likely N-dealkylation sites (tertiary alicyclic amines) is 1. The Kier molecular flexibility index (Phi) is 5.39. The van der Waals surface area contributed by atoms with E-state index in [1.54, 1.807) is 0 Å². The maximum atomic E-state index is 11.5. The van der Waals surface area contributed by atoms with Gasteiger partial charge in [-0.3, -0.25) is 4.79 Å². The minimum absolute atomic E-state index is 0.146. The summed E-state index contributed by atoms with van der Waals surface area (Å²) in [5.74, 6) is -0.736. The first kappa shape index (κ1) is 14.4. The number of rotatable bonds is 6. The van der Waals surface area contributed by atoms with E-state index in [-0.39, 0.29) is 17.4 Å². The highest BCUT2D eigenvalue weighted by molar-refractivity contribution is 7.91. The van der Waals surface area contributed by atoms with E-state index in [4.69, 9.17) is 5.11 Å². The molecule has 1 aliphatic rings. The van der Waals surface area contributed by atoms with Crippen LogP contribution in [0.3, 0.4) is 0 Å². The van der Waals surface area contributed by atoms with Crippen molar-refractivity contribution in [1.82, 2.24) is 4.90 Å². The molecule has 5 nitrogen and oxygen atoms in total. The Morgan fingerprint density at radius 1 is 1.41 bits per heavy atom. The fourth-order valence-electron chi connectivity index (χ4n) is 2.14. The number of hydrogen-bond acceptors (Lipinski definition) is 4. The quantitative estimate of drug-likeness (QED) is 0.760. The fourth-order valence-corrected chi connectivity index (χ4v) is 3.50. The van der Waals surface area contributed by atoms with Gasteiger partial charge in [-0.25, -0.2) is 8.42 Å². The van der Waals surface area contributed by atoms with Gasteiger partial charge in [0.05, 0.1) is 11.7 Å². The van der Waals surface area contributed by atoms with Crippen molar-refractivity contribution in [3.63, 3.8) is 0 Å². The Morgan fingerprint density at radius 3 is 2.71 bits per heavy atom. The molecule has 0 saturated carbocycles. The van der Waals surface area contributed by atoms with Crippen molar-refractivity contribution >= 4 is 15.8 Å². The smallest absolute Gasteiger partial charge is 0.307 e. The van der Waals surface area contributed by atoms with Gasteiger partial charge in [0.25, 0.3) is 0 Å². The van der Waals surface area contributed by atoms with Crippen molar-refractivity contribution in [1.29, 1.82) is 0 Å². The lowest BCUT2D eigenvalue weighted by molar-refractivity contribution is -0.143. The summed E-state index contributed by atoms with van der Waals surface area (Å²) in [4.78, 5) is 12.8. The molecule has 1 heterocycles. The molecule has 1 saturated heterocycles. The monoisotopic (exact) mass is 263 g/mol. The molecule has 0 aromatic carbocycles. The third kappa shape index (κ3) is 5.04. The topological polar surface area (TPSA) is 74.7 Å². The van der Waals surface area contributed by atoms with Gasteiger partial charge >= 0.3 is 5.97 Å². The lowest BCUT2D eigenvalue weighted by atomic mass is 9.98. The molecule has 1 aliphatic heterocycles. The van der Waals surface area contributed by atoms with Crippen LogP contribution in [0.4, 0.5) is 0 Å². The second-order valence-electron chi connectivity index (χ2n) is 4.63. The third-order valence-corrected chi connectivity index (χ3v) is 4.92. The highest BCUT2D eigenvalue weighted by Crippen LogP contribution is 2.16. The van der Waals surface area contributed by atoms with E-state index in [2.05, 4.69) is 0 Å². The summed E-state index contributed by atoms with van der Waals surface area (Å²) < 4.78 is 23.1. The highest BCUT2D eigenvalue weighted by atomic mass is 32.2. The Balaban J connectivity index is 2.39. The van der Waals surface area contributed by atoms with E-state index in [9.17, 15) is 13.2 Å². The predicted octanol–water partition coefficient (Wildman–Crippen LogP) is 0.608. The van der Waals surface area contributed by atoms with Crippen molar-refractivity contribution in [3.8, 4) is 0 Å². The van der Waals surface area contributed by atoms with Crippen LogP contribution in [0.1, 0.15) is 26.2 Å². The first-order valence-electron chi connectivity index (χ1n) is 6.10. The molecule has 1 N–H and O–H groups in total. The Hall–Kier alpha value is -0.620. The zero-order chi connectivity index (χ0) is 12.9. The van der Waals surface area contributed by atoms with E-state index < -0.39 is 15.8 Å². The molecular weight excluding hydrogens is 242 g/mol. The Bertz CT molecular complexity index is 352. The van der Waals surface area contributed by atoms with Crippen molar-refractivity contribution in [3.05, 3.63) is 0 Å². The number of piperidine rings is 1. The molecule has 1 atom stereocenters. The number of carboxylic acid groups (broad SMARTS) is 1. The summed E-state index contributed by atoms with van der Waals surface area (Å²) in [6.07, 6.45) is 2.18. The van der Waals surface area contributed by atoms with Gasteiger partial charge in [0.2, 0.25) is 0 Å². The molecule has 100 valence electrons. The van der Waals surface area contributed by atoms with Gasteiger partial charge in [-0.1, -0.05) is 6.92 Å². The average Bonchev–Trinajstić information content (AvgIpc) is 2.27. The first-order valence-corrected chi connectivity index (χ1v) is 7.92. The lowest BCUT2D eigenvalue weighted by Crippen LogP contribution is -2.41. The molecule has 1 fully saturated rings. The number of aliphatic carboxylic acids is 1. The zero-order valence-corrected chi connectivity index (χ0v) is 11.1. The Morgan fingerprint density at radius 2 is 2.12 bits per heavy atom. The molecule has 0 spiro atoms. The molecule has 0 radical (unpaired) electrons. The first-order chi connectivity index (χ1) is 7.94. The van der Waals surface area contributed by atoms with E-state index in [1.165, 1.54) is 0 Å². The molecule has 6 heteroatoms. The van der Waals surface area contributed by atoms with Crippen LogP contribution in [0.25, 0.3) is 0 Å². The summed E-state index contributed by atoms with van der Waals surface area (Å²) in [6.45, 7) is 3.60. The minimum atomic E-state index is -2.96. The van der Waals surface area contributed by atoms with E-state index in [0.717, 1.165) is 13.0 Å². The molecule has 0 bridgehead atoms. The minimum Gasteiger partial charge on any atom is -0.481 e. The largest absolute Gasteiger partial charge is 0.481 e. The van der Waals surface area contributed by atoms with Crippen LogP contribution >= 0.6 is 0 Å². The van der Waals surface area contributed by atoms with Crippen molar-refractivity contribution in [2.45, 2.75) is 26.2 Å². The third-order valence-electron chi connectivity index (χ3n) is 3.09. The standard InChI is InChI=1S/C11H21NO4S/c1-2-7-17(15,16)8-6-12-5-3-4-10(9-12)11(13)14/h10H,2-9H2,1H3,(H,13,14). The Labute approximate surface area is 103 Å². The van der Waals surface area contributed by atoms with Gasteiger partial charge in [-0.2, -0.15) is 0 Å². The van der Waals surface area contributed by atoms with Crippen LogP contribution in [-0.2, 0) is 14.6 Å². The number of nitrogens with zero attached hydrogens (tertiary/aromatic N) is 1. The van der Waals surface area contributed by atoms with Crippen LogP contribution in [0.2, 0.25) is 0 Å². The van der Waals surface area contributed by atoms with Gasteiger partial charge in [0.1, 0.15) is 0 Å². The van der Waals surface area contributed by atoms with Gasteiger partial charge in [-0.05, 0) is 25.8 Å². The maximum absolute atomic E-state index is 11.5. The fraction of sp³-hybridized carbons (Fsp3) is 0.909. The molecule has 0 aromatic heterocycles. The van der Waals surface area contributed by atoms with Crippen LogP contribution in [0, 0.1) is 5.92 Å².